The van der Waals surface area contributed by atoms with Crippen LogP contribution in [-0.4, -0.2) is 35.4 Å². The van der Waals surface area contributed by atoms with Crippen molar-refractivity contribution in [1.82, 2.24) is 9.88 Å². The molecule has 92 valence electrons. The second kappa shape index (κ2) is 5.67. The molecule has 2 rings (SSSR count). The summed E-state index contributed by atoms with van der Waals surface area (Å²) in [6.07, 6.45) is 3.78. The summed E-state index contributed by atoms with van der Waals surface area (Å²) < 4.78 is 0. The summed E-state index contributed by atoms with van der Waals surface area (Å²) in [5.41, 5.74) is 0. The van der Waals surface area contributed by atoms with Crippen LogP contribution < -0.4 is 5.32 Å². The zero-order valence-corrected chi connectivity index (χ0v) is 10.8. The number of carbonyl (C=O) groups excluding carboxylic acids is 1. The molecule has 0 unspecified atom stereocenters. The van der Waals surface area contributed by atoms with Crippen LogP contribution in [0.5, 0.6) is 0 Å². The first-order chi connectivity index (χ1) is 8.15. The molecule has 1 amide bonds. The molecular weight excluding hydrogens is 261 g/mol. The molecule has 1 aromatic heterocycles. The van der Waals surface area contributed by atoms with Crippen molar-refractivity contribution in [1.29, 1.82) is 0 Å². The van der Waals surface area contributed by atoms with Crippen molar-refractivity contribution in [3.05, 3.63) is 22.3 Å². The number of likely N-dealkylation sites (tertiary alicyclic amines) is 1. The van der Waals surface area contributed by atoms with E-state index in [1.807, 2.05) is 0 Å². The van der Waals surface area contributed by atoms with E-state index in [1.165, 1.54) is 6.20 Å². The van der Waals surface area contributed by atoms with E-state index in [2.05, 4.69) is 15.2 Å². The van der Waals surface area contributed by atoms with Gasteiger partial charge in [0.15, 0.2) is 5.82 Å². The number of nitrogens with one attached hydrogen (secondary N) is 1. The number of anilines is 1. The van der Waals surface area contributed by atoms with Crippen molar-refractivity contribution in [3.8, 4) is 0 Å². The van der Waals surface area contributed by atoms with E-state index in [1.54, 1.807) is 6.07 Å². The molecule has 1 N–H and O–H groups in total. The van der Waals surface area contributed by atoms with Gasteiger partial charge in [0, 0.05) is 6.20 Å². The van der Waals surface area contributed by atoms with Crippen LogP contribution in [0.1, 0.15) is 12.8 Å². The first-order valence-electron chi connectivity index (χ1n) is 5.48. The first-order valence-corrected chi connectivity index (χ1v) is 6.24. The second-order valence-corrected chi connectivity index (χ2v) is 4.86. The number of carbonyl (C=O) groups is 1. The standard InChI is InChI=1S/C11H13Cl2N3O/c12-8-5-9(13)11(14-6-8)15-10(17)7-16-3-1-2-4-16/h5-6H,1-4,7H2,(H,14,15,17). The predicted molar refractivity (Wildman–Crippen MR) is 68.6 cm³/mol. The summed E-state index contributed by atoms with van der Waals surface area (Å²) in [5, 5.41) is 3.49. The second-order valence-electron chi connectivity index (χ2n) is 4.02. The Morgan fingerprint density at radius 1 is 1.41 bits per heavy atom. The average molecular weight is 274 g/mol. The predicted octanol–water partition coefficient (Wildman–Crippen LogP) is 2.42. The van der Waals surface area contributed by atoms with Crippen molar-refractivity contribution in [2.24, 2.45) is 0 Å². The maximum Gasteiger partial charge on any atom is 0.239 e. The van der Waals surface area contributed by atoms with Crippen LogP contribution in [-0.2, 0) is 4.79 Å². The smallest absolute Gasteiger partial charge is 0.239 e. The Morgan fingerprint density at radius 2 is 2.12 bits per heavy atom. The van der Waals surface area contributed by atoms with Gasteiger partial charge in [0.2, 0.25) is 5.91 Å². The Morgan fingerprint density at radius 3 is 2.76 bits per heavy atom. The molecule has 0 aromatic carbocycles. The number of hydrogen-bond donors (Lipinski definition) is 1. The van der Waals surface area contributed by atoms with Gasteiger partial charge in [0.1, 0.15) is 0 Å². The summed E-state index contributed by atoms with van der Waals surface area (Å²) in [4.78, 5) is 17.8. The van der Waals surface area contributed by atoms with E-state index in [-0.39, 0.29) is 5.91 Å². The van der Waals surface area contributed by atoms with E-state index in [4.69, 9.17) is 23.2 Å². The fourth-order valence-electron chi connectivity index (χ4n) is 1.82. The molecule has 1 aromatic rings. The van der Waals surface area contributed by atoms with Crippen LogP contribution in [0.15, 0.2) is 12.3 Å². The number of rotatable bonds is 3. The Labute approximate surface area is 110 Å². The molecule has 0 atom stereocenters. The minimum absolute atomic E-state index is 0.0939. The normalized spacial score (nSPS) is 16.1. The third-order valence-electron chi connectivity index (χ3n) is 2.63. The number of halogens is 2. The van der Waals surface area contributed by atoms with Crippen LogP contribution in [0, 0.1) is 0 Å². The molecule has 1 saturated heterocycles. The van der Waals surface area contributed by atoms with Gasteiger partial charge in [-0.1, -0.05) is 23.2 Å². The van der Waals surface area contributed by atoms with Crippen LogP contribution in [0.25, 0.3) is 0 Å². The summed E-state index contributed by atoms with van der Waals surface area (Å²) in [6.45, 7) is 2.35. The number of nitrogens with zero attached hydrogens (tertiary/aromatic N) is 2. The fraction of sp³-hybridized carbons (Fsp3) is 0.455. The molecule has 0 saturated carbocycles. The molecule has 2 heterocycles. The topological polar surface area (TPSA) is 45.2 Å². The largest absolute Gasteiger partial charge is 0.308 e. The van der Waals surface area contributed by atoms with Gasteiger partial charge in [-0.3, -0.25) is 9.69 Å². The number of hydrogen-bond acceptors (Lipinski definition) is 3. The SMILES string of the molecule is O=C(CN1CCCC1)Nc1ncc(Cl)cc1Cl. The van der Waals surface area contributed by atoms with Crippen molar-refractivity contribution < 1.29 is 4.79 Å². The summed E-state index contributed by atoms with van der Waals surface area (Å²) >= 11 is 11.6. The molecule has 1 fully saturated rings. The van der Waals surface area contributed by atoms with Crippen molar-refractivity contribution in [3.63, 3.8) is 0 Å². The third-order valence-corrected chi connectivity index (χ3v) is 3.13. The van der Waals surface area contributed by atoms with Crippen molar-refractivity contribution >= 4 is 34.9 Å². The van der Waals surface area contributed by atoms with Crippen molar-refractivity contribution in [2.75, 3.05) is 25.0 Å². The zero-order valence-electron chi connectivity index (χ0n) is 9.25. The molecule has 6 heteroatoms. The zero-order chi connectivity index (χ0) is 12.3. The Kier molecular flexibility index (Phi) is 4.20. The molecule has 0 radical (unpaired) electrons. The van der Waals surface area contributed by atoms with Crippen molar-refractivity contribution in [2.45, 2.75) is 12.8 Å². The van der Waals surface area contributed by atoms with E-state index < -0.39 is 0 Å². The van der Waals surface area contributed by atoms with Gasteiger partial charge in [-0.05, 0) is 32.0 Å². The van der Waals surface area contributed by atoms with Crippen LogP contribution in [0.4, 0.5) is 5.82 Å². The lowest BCUT2D eigenvalue weighted by molar-refractivity contribution is -0.117. The Balaban J connectivity index is 1.93. The Bertz CT molecular complexity index is 419. The summed E-state index contributed by atoms with van der Waals surface area (Å²) in [5.74, 6) is 0.267. The lowest BCUT2D eigenvalue weighted by atomic mass is 10.4. The average Bonchev–Trinajstić information content (AvgIpc) is 2.75. The van der Waals surface area contributed by atoms with Gasteiger partial charge >= 0.3 is 0 Å². The molecule has 17 heavy (non-hydrogen) atoms. The van der Waals surface area contributed by atoms with E-state index >= 15 is 0 Å². The van der Waals surface area contributed by atoms with E-state index in [9.17, 15) is 4.79 Å². The number of aromatic nitrogens is 1. The van der Waals surface area contributed by atoms with E-state index in [0.717, 1.165) is 25.9 Å². The minimum Gasteiger partial charge on any atom is -0.308 e. The van der Waals surface area contributed by atoms with Crippen LogP contribution >= 0.6 is 23.2 Å². The monoisotopic (exact) mass is 273 g/mol. The van der Waals surface area contributed by atoms with Gasteiger partial charge in [-0.15, -0.1) is 0 Å². The highest BCUT2D eigenvalue weighted by Crippen LogP contribution is 2.22. The van der Waals surface area contributed by atoms with E-state index in [0.29, 0.717) is 22.4 Å². The van der Waals surface area contributed by atoms with Gasteiger partial charge in [-0.2, -0.15) is 0 Å². The maximum absolute atomic E-state index is 11.7. The van der Waals surface area contributed by atoms with Gasteiger partial charge in [0.05, 0.1) is 16.6 Å². The van der Waals surface area contributed by atoms with Gasteiger partial charge in [0.25, 0.3) is 0 Å². The lowest BCUT2D eigenvalue weighted by Crippen LogP contribution is -2.31. The third kappa shape index (κ3) is 3.56. The number of amides is 1. The Hall–Kier alpha value is -0.840. The highest BCUT2D eigenvalue weighted by atomic mass is 35.5. The first kappa shape index (κ1) is 12.6. The lowest BCUT2D eigenvalue weighted by Gasteiger charge is -2.14. The molecule has 0 aliphatic carbocycles. The van der Waals surface area contributed by atoms with Gasteiger partial charge in [-0.25, -0.2) is 4.98 Å². The number of pyridine rings is 1. The maximum atomic E-state index is 11.7. The van der Waals surface area contributed by atoms with Crippen LogP contribution in [0.3, 0.4) is 0 Å². The quantitative estimate of drug-likeness (QED) is 0.920. The minimum atomic E-state index is -0.0939. The van der Waals surface area contributed by atoms with Crippen LogP contribution in [0.2, 0.25) is 10.0 Å². The highest BCUT2D eigenvalue weighted by Gasteiger charge is 2.16. The molecule has 1 aliphatic rings. The molecule has 0 bridgehead atoms. The highest BCUT2D eigenvalue weighted by molar-refractivity contribution is 6.36. The molecular formula is C11H13Cl2N3O. The molecule has 0 spiro atoms. The molecule has 1 aliphatic heterocycles. The fourth-order valence-corrected chi connectivity index (χ4v) is 2.25. The molecule has 4 nitrogen and oxygen atoms in total. The van der Waals surface area contributed by atoms with Gasteiger partial charge < -0.3 is 5.32 Å². The summed E-state index contributed by atoms with van der Waals surface area (Å²) in [6, 6.07) is 1.56. The summed E-state index contributed by atoms with van der Waals surface area (Å²) in [7, 11) is 0.